The quantitative estimate of drug-likeness (QED) is 0.490. The van der Waals surface area contributed by atoms with Crippen LogP contribution in [-0.4, -0.2) is 21.9 Å². The SMILES string of the molecule is C=C1CC[C@H](O)CC1=CC=C1CCC[C@@]2(C)C1CC[C@]2(O)[C@H](C)C=C[C@H](C)C(C)C. The van der Waals surface area contributed by atoms with Crippen molar-refractivity contribution in [2.75, 3.05) is 0 Å². The number of hydrogen-bond acceptors (Lipinski definition) is 2. The van der Waals surface area contributed by atoms with E-state index >= 15 is 0 Å². The fraction of sp³-hybridized carbons (Fsp3) is 0.714. The molecule has 0 aromatic carbocycles. The Balaban J connectivity index is 1.82. The van der Waals surface area contributed by atoms with E-state index in [2.05, 4.69) is 65.5 Å². The maximum absolute atomic E-state index is 11.9. The number of hydrogen-bond donors (Lipinski definition) is 2. The second kappa shape index (κ2) is 9.17. The predicted octanol–water partition coefficient (Wildman–Crippen LogP) is 6.76. The third-order valence-corrected chi connectivity index (χ3v) is 8.88. The maximum Gasteiger partial charge on any atom is 0.0766 e. The van der Waals surface area contributed by atoms with Gasteiger partial charge in [0.1, 0.15) is 0 Å². The van der Waals surface area contributed by atoms with Crippen LogP contribution in [0.25, 0.3) is 0 Å². The Labute approximate surface area is 184 Å². The van der Waals surface area contributed by atoms with Crippen LogP contribution in [0.2, 0.25) is 0 Å². The van der Waals surface area contributed by atoms with E-state index in [0.717, 1.165) is 51.4 Å². The van der Waals surface area contributed by atoms with Crippen molar-refractivity contribution in [2.45, 2.75) is 97.7 Å². The number of aliphatic hydroxyl groups is 2. The topological polar surface area (TPSA) is 40.5 Å². The van der Waals surface area contributed by atoms with Crippen molar-refractivity contribution in [3.8, 4) is 0 Å². The molecule has 1 unspecified atom stereocenters. The summed E-state index contributed by atoms with van der Waals surface area (Å²) in [5.74, 6) is 1.78. The van der Waals surface area contributed by atoms with Crippen LogP contribution >= 0.6 is 0 Å². The normalized spacial score (nSPS) is 39.8. The van der Waals surface area contributed by atoms with Gasteiger partial charge in [-0.25, -0.2) is 0 Å². The van der Waals surface area contributed by atoms with Gasteiger partial charge in [0.15, 0.2) is 0 Å². The van der Waals surface area contributed by atoms with E-state index < -0.39 is 5.60 Å². The van der Waals surface area contributed by atoms with Gasteiger partial charge in [-0.3, -0.25) is 0 Å². The molecule has 3 saturated carbocycles. The minimum atomic E-state index is -0.637. The van der Waals surface area contributed by atoms with Gasteiger partial charge in [0.25, 0.3) is 0 Å². The molecule has 2 N–H and O–H groups in total. The molecule has 0 aromatic rings. The first-order valence-corrected chi connectivity index (χ1v) is 12.2. The average Bonchev–Trinajstić information content (AvgIpc) is 2.98. The molecule has 0 saturated heterocycles. The second-order valence-corrected chi connectivity index (χ2v) is 11.0. The van der Waals surface area contributed by atoms with Gasteiger partial charge in [-0.1, -0.05) is 76.6 Å². The van der Waals surface area contributed by atoms with E-state index in [4.69, 9.17) is 0 Å². The van der Waals surface area contributed by atoms with Crippen LogP contribution in [0.1, 0.15) is 86.0 Å². The molecule has 0 aromatic heterocycles. The molecule has 2 nitrogen and oxygen atoms in total. The van der Waals surface area contributed by atoms with Gasteiger partial charge in [0.2, 0.25) is 0 Å². The van der Waals surface area contributed by atoms with Crippen molar-refractivity contribution < 1.29 is 10.2 Å². The zero-order valence-electron chi connectivity index (χ0n) is 20.0. The molecule has 168 valence electrons. The Kier molecular flexibility index (Phi) is 7.19. The van der Waals surface area contributed by atoms with Crippen molar-refractivity contribution in [3.63, 3.8) is 0 Å². The Morgan fingerprint density at radius 2 is 1.77 bits per heavy atom. The Morgan fingerprint density at radius 1 is 1.03 bits per heavy atom. The van der Waals surface area contributed by atoms with E-state index in [1.165, 1.54) is 16.7 Å². The van der Waals surface area contributed by atoms with Crippen LogP contribution in [0.3, 0.4) is 0 Å². The lowest BCUT2D eigenvalue weighted by Gasteiger charge is -2.49. The van der Waals surface area contributed by atoms with Crippen LogP contribution in [0, 0.1) is 29.1 Å². The van der Waals surface area contributed by atoms with Gasteiger partial charge < -0.3 is 10.2 Å². The third-order valence-electron chi connectivity index (χ3n) is 8.88. The van der Waals surface area contributed by atoms with E-state index in [1.54, 1.807) is 0 Å². The molecule has 3 aliphatic rings. The summed E-state index contributed by atoms with van der Waals surface area (Å²) < 4.78 is 0. The van der Waals surface area contributed by atoms with Crippen molar-refractivity contribution in [1.82, 2.24) is 0 Å². The summed E-state index contributed by atoms with van der Waals surface area (Å²) in [6.45, 7) is 15.5. The van der Waals surface area contributed by atoms with Gasteiger partial charge >= 0.3 is 0 Å². The van der Waals surface area contributed by atoms with Crippen molar-refractivity contribution in [3.05, 3.63) is 47.6 Å². The van der Waals surface area contributed by atoms with Gasteiger partial charge in [-0.2, -0.15) is 0 Å². The minimum Gasteiger partial charge on any atom is -0.393 e. The van der Waals surface area contributed by atoms with Gasteiger partial charge in [0, 0.05) is 11.3 Å². The zero-order chi connectivity index (χ0) is 22.1. The summed E-state index contributed by atoms with van der Waals surface area (Å²) in [5.41, 5.74) is 3.18. The van der Waals surface area contributed by atoms with Gasteiger partial charge in [-0.15, -0.1) is 0 Å². The standard InChI is InChI=1S/C28H44O2/c1-19(2)20(3)9-11-22(5)28(30)17-15-26-23(8-7-16-27(26,28)6)12-13-24-18-25(29)14-10-21(24)4/h9,11-13,19-20,22,25-26,29-30H,4,7-8,10,14-18H2,1-3,5-6H3/t20-,22+,25-,26?,27-,28-/m0/s1. The van der Waals surface area contributed by atoms with E-state index in [0.29, 0.717) is 17.8 Å². The Hall–Kier alpha value is -1.12. The molecular weight excluding hydrogens is 368 g/mol. The molecule has 30 heavy (non-hydrogen) atoms. The zero-order valence-corrected chi connectivity index (χ0v) is 20.0. The molecule has 6 atom stereocenters. The molecular formula is C28H44O2. The lowest BCUT2D eigenvalue weighted by atomic mass is 9.59. The monoisotopic (exact) mass is 412 g/mol. The molecule has 0 amide bonds. The van der Waals surface area contributed by atoms with E-state index in [-0.39, 0.29) is 17.4 Å². The summed E-state index contributed by atoms with van der Waals surface area (Å²) in [7, 11) is 0. The Morgan fingerprint density at radius 3 is 2.47 bits per heavy atom. The highest BCUT2D eigenvalue weighted by Crippen LogP contribution is 2.61. The average molecular weight is 413 g/mol. The number of aliphatic hydroxyl groups excluding tert-OH is 1. The van der Waals surface area contributed by atoms with E-state index in [1.807, 2.05) is 0 Å². The van der Waals surface area contributed by atoms with Crippen LogP contribution < -0.4 is 0 Å². The first kappa shape index (κ1) is 23.5. The van der Waals surface area contributed by atoms with Crippen molar-refractivity contribution in [1.29, 1.82) is 0 Å². The van der Waals surface area contributed by atoms with Crippen molar-refractivity contribution in [2.24, 2.45) is 29.1 Å². The smallest absolute Gasteiger partial charge is 0.0766 e. The molecule has 0 bridgehead atoms. The van der Waals surface area contributed by atoms with Crippen LogP contribution in [0.5, 0.6) is 0 Å². The summed E-state index contributed by atoms with van der Waals surface area (Å²) in [6.07, 6.45) is 16.7. The number of rotatable bonds is 5. The lowest BCUT2D eigenvalue weighted by Crippen LogP contribution is -2.50. The fourth-order valence-corrected chi connectivity index (χ4v) is 6.16. The molecule has 0 radical (unpaired) electrons. The third kappa shape index (κ3) is 4.41. The highest BCUT2D eigenvalue weighted by Gasteiger charge is 2.59. The fourth-order valence-electron chi connectivity index (χ4n) is 6.16. The summed E-state index contributed by atoms with van der Waals surface area (Å²) in [4.78, 5) is 0. The summed E-state index contributed by atoms with van der Waals surface area (Å²) >= 11 is 0. The van der Waals surface area contributed by atoms with Crippen LogP contribution in [0.15, 0.2) is 47.6 Å². The minimum absolute atomic E-state index is 0.0660. The maximum atomic E-state index is 11.9. The molecule has 0 aliphatic heterocycles. The van der Waals surface area contributed by atoms with Crippen LogP contribution in [-0.2, 0) is 0 Å². The predicted molar refractivity (Wildman–Crippen MR) is 127 cm³/mol. The molecule has 0 heterocycles. The molecule has 0 spiro atoms. The summed E-state index contributed by atoms with van der Waals surface area (Å²) in [5, 5.41) is 22.0. The van der Waals surface area contributed by atoms with Crippen LogP contribution in [0.4, 0.5) is 0 Å². The Bertz CT molecular complexity index is 727. The lowest BCUT2D eigenvalue weighted by molar-refractivity contribution is -0.100. The molecule has 3 fully saturated rings. The molecule has 2 heteroatoms. The van der Waals surface area contributed by atoms with Crippen molar-refractivity contribution >= 4 is 0 Å². The largest absolute Gasteiger partial charge is 0.393 e. The highest BCUT2D eigenvalue weighted by atomic mass is 16.3. The van der Waals surface area contributed by atoms with Gasteiger partial charge in [0.05, 0.1) is 11.7 Å². The number of allylic oxidation sites excluding steroid dienone is 5. The highest BCUT2D eigenvalue weighted by molar-refractivity contribution is 5.36. The number of fused-ring (bicyclic) bond motifs is 1. The van der Waals surface area contributed by atoms with Gasteiger partial charge in [-0.05, 0) is 74.7 Å². The molecule has 3 aliphatic carbocycles. The van der Waals surface area contributed by atoms with E-state index in [9.17, 15) is 10.2 Å². The first-order chi connectivity index (χ1) is 14.1. The summed E-state index contributed by atoms with van der Waals surface area (Å²) in [6, 6.07) is 0. The second-order valence-electron chi connectivity index (χ2n) is 11.0. The molecule has 3 rings (SSSR count). The first-order valence-electron chi connectivity index (χ1n) is 12.2.